The second-order valence-corrected chi connectivity index (χ2v) is 6.41. The Morgan fingerprint density at radius 2 is 2.05 bits per heavy atom. The molecule has 0 aliphatic carbocycles. The van der Waals surface area contributed by atoms with E-state index >= 15 is 0 Å². The average molecular weight is 325 g/mol. The summed E-state index contributed by atoms with van der Waals surface area (Å²) in [4.78, 5) is 1.18. The van der Waals surface area contributed by atoms with E-state index in [1.54, 1.807) is 30.0 Å². The number of benzene rings is 2. The molecular formula is C16H18ClFN2S. The zero-order chi connectivity index (χ0) is 15.2. The van der Waals surface area contributed by atoms with Gasteiger partial charge in [-0.2, -0.15) is 0 Å². The molecule has 1 unspecified atom stereocenters. The van der Waals surface area contributed by atoms with E-state index in [-0.39, 0.29) is 16.9 Å². The molecule has 2 aromatic rings. The molecule has 2 aromatic carbocycles. The van der Waals surface area contributed by atoms with Crippen molar-refractivity contribution in [2.24, 2.45) is 5.84 Å². The Kier molecular flexibility index (Phi) is 6.06. The number of nitrogens with one attached hydrogen (secondary N) is 1. The zero-order valence-corrected chi connectivity index (χ0v) is 13.3. The quantitative estimate of drug-likeness (QED) is 0.480. The number of aryl methyl sites for hydroxylation is 1. The lowest BCUT2D eigenvalue weighted by Crippen LogP contribution is -2.38. The predicted molar refractivity (Wildman–Crippen MR) is 88.1 cm³/mol. The van der Waals surface area contributed by atoms with Crippen LogP contribution in [0.5, 0.6) is 0 Å². The molecule has 0 aromatic heterocycles. The summed E-state index contributed by atoms with van der Waals surface area (Å²) >= 11 is 7.50. The van der Waals surface area contributed by atoms with Crippen LogP contribution in [0.1, 0.15) is 11.1 Å². The van der Waals surface area contributed by atoms with Crippen molar-refractivity contribution in [1.29, 1.82) is 0 Å². The predicted octanol–water partition coefficient (Wildman–Crippen LogP) is 3.95. The number of hydrazine groups is 1. The number of rotatable bonds is 6. The minimum Gasteiger partial charge on any atom is -0.271 e. The van der Waals surface area contributed by atoms with Crippen LogP contribution in [0.15, 0.2) is 47.4 Å². The molecule has 0 heterocycles. The molecule has 5 heteroatoms. The first-order valence-electron chi connectivity index (χ1n) is 6.68. The number of halogens is 2. The van der Waals surface area contributed by atoms with Gasteiger partial charge in [0, 0.05) is 16.7 Å². The van der Waals surface area contributed by atoms with Gasteiger partial charge in [-0.25, -0.2) is 4.39 Å². The molecule has 2 nitrogen and oxygen atoms in total. The van der Waals surface area contributed by atoms with Gasteiger partial charge in [-0.15, -0.1) is 11.8 Å². The zero-order valence-electron chi connectivity index (χ0n) is 11.8. The highest BCUT2D eigenvalue weighted by Crippen LogP contribution is 2.23. The largest absolute Gasteiger partial charge is 0.271 e. The Labute approximate surface area is 133 Å². The molecule has 3 N–H and O–H groups in total. The first-order chi connectivity index (χ1) is 10.1. The summed E-state index contributed by atoms with van der Waals surface area (Å²) in [5.41, 5.74) is 4.55. The van der Waals surface area contributed by atoms with Gasteiger partial charge in [-0.05, 0) is 37.1 Å². The smallest absolute Gasteiger partial charge is 0.145 e. The van der Waals surface area contributed by atoms with E-state index < -0.39 is 0 Å². The molecule has 0 spiro atoms. The fraction of sp³-hybridized carbons (Fsp3) is 0.250. The standard InChI is InChI=1S/C16H18ClFN2S/c1-11-4-2-6-14(8-11)21-10-13(20-19)9-12-5-3-7-15(17)16(12)18/h2-8,13,20H,9-10,19H2,1H3. The lowest BCUT2D eigenvalue weighted by molar-refractivity contribution is 0.547. The highest BCUT2D eigenvalue weighted by Gasteiger charge is 2.13. The van der Waals surface area contributed by atoms with Crippen molar-refractivity contribution >= 4 is 23.4 Å². The van der Waals surface area contributed by atoms with Gasteiger partial charge in [-0.1, -0.05) is 41.4 Å². The van der Waals surface area contributed by atoms with Crippen molar-refractivity contribution in [3.05, 3.63) is 64.4 Å². The first-order valence-corrected chi connectivity index (χ1v) is 8.05. The third kappa shape index (κ3) is 4.71. The van der Waals surface area contributed by atoms with Gasteiger partial charge in [0.05, 0.1) is 5.02 Å². The van der Waals surface area contributed by atoms with Crippen LogP contribution in [0.3, 0.4) is 0 Å². The Hall–Kier alpha value is -1.07. The lowest BCUT2D eigenvalue weighted by atomic mass is 10.1. The third-order valence-electron chi connectivity index (χ3n) is 3.17. The Morgan fingerprint density at radius 3 is 2.76 bits per heavy atom. The van der Waals surface area contributed by atoms with Crippen molar-refractivity contribution in [1.82, 2.24) is 5.43 Å². The van der Waals surface area contributed by atoms with Crippen LogP contribution in [0.4, 0.5) is 4.39 Å². The summed E-state index contributed by atoms with van der Waals surface area (Å²) in [6, 6.07) is 13.3. The Balaban J connectivity index is 1.99. The molecule has 0 saturated carbocycles. The summed E-state index contributed by atoms with van der Waals surface area (Å²) < 4.78 is 13.9. The molecule has 0 aliphatic rings. The van der Waals surface area contributed by atoms with E-state index in [0.29, 0.717) is 12.0 Å². The minimum atomic E-state index is -0.361. The van der Waals surface area contributed by atoms with E-state index in [4.69, 9.17) is 17.4 Å². The van der Waals surface area contributed by atoms with Gasteiger partial charge in [0.1, 0.15) is 5.82 Å². The molecule has 0 bridgehead atoms. The van der Waals surface area contributed by atoms with Crippen LogP contribution in [0.25, 0.3) is 0 Å². The van der Waals surface area contributed by atoms with Crippen LogP contribution in [-0.2, 0) is 6.42 Å². The van der Waals surface area contributed by atoms with Crippen molar-refractivity contribution in [3.63, 3.8) is 0 Å². The van der Waals surface area contributed by atoms with Gasteiger partial charge in [0.25, 0.3) is 0 Å². The summed E-state index contributed by atoms with van der Waals surface area (Å²) in [5.74, 6) is 5.98. The molecule has 0 aliphatic heterocycles. The summed E-state index contributed by atoms with van der Waals surface area (Å²) in [6.07, 6.45) is 0.502. The summed E-state index contributed by atoms with van der Waals surface area (Å²) in [6.45, 7) is 2.06. The molecule has 0 fully saturated rings. The topological polar surface area (TPSA) is 38.0 Å². The highest BCUT2D eigenvalue weighted by atomic mass is 35.5. The van der Waals surface area contributed by atoms with Crippen LogP contribution < -0.4 is 11.3 Å². The van der Waals surface area contributed by atoms with Crippen molar-refractivity contribution in [3.8, 4) is 0 Å². The molecule has 1 atom stereocenters. The summed E-state index contributed by atoms with van der Waals surface area (Å²) in [7, 11) is 0. The van der Waals surface area contributed by atoms with Gasteiger partial charge < -0.3 is 0 Å². The van der Waals surface area contributed by atoms with E-state index in [2.05, 4.69) is 30.5 Å². The van der Waals surface area contributed by atoms with E-state index in [0.717, 1.165) is 5.75 Å². The van der Waals surface area contributed by atoms with E-state index in [9.17, 15) is 4.39 Å². The molecule has 2 rings (SSSR count). The molecule has 0 amide bonds. The number of hydrogen-bond donors (Lipinski definition) is 2. The third-order valence-corrected chi connectivity index (χ3v) is 4.62. The van der Waals surface area contributed by atoms with Gasteiger partial charge in [-0.3, -0.25) is 11.3 Å². The Bertz CT molecular complexity index is 607. The van der Waals surface area contributed by atoms with Gasteiger partial charge >= 0.3 is 0 Å². The van der Waals surface area contributed by atoms with E-state index in [1.807, 2.05) is 6.07 Å². The lowest BCUT2D eigenvalue weighted by Gasteiger charge is -2.16. The van der Waals surface area contributed by atoms with Crippen LogP contribution in [0.2, 0.25) is 5.02 Å². The number of nitrogens with two attached hydrogens (primary N) is 1. The average Bonchev–Trinajstić information content (AvgIpc) is 2.48. The monoisotopic (exact) mass is 324 g/mol. The normalized spacial score (nSPS) is 12.4. The fourth-order valence-corrected chi connectivity index (χ4v) is 3.29. The van der Waals surface area contributed by atoms with Gasteiger partial charge in [0.2, 0.25) is 0 Å². The minimum absolute atomic E-state index is 0.0246. The second-order valence-electron chi connectivity index (χ2n) is 4.91. The summed E-state index contributed by atoms with van der Waals surface area (Å²) in [5, 5.41) is 0.148. The Morgan fingerprint density at radius 1 is 1.29 bits per heavy atom. The van der Waals surface area contributed by atoms with Gasteiger partial charge in [0.15, 0.2) is 0 Å². The fourth-order valence-electron chi connectivity index (χ4n) is 2.04. The number of thioether (sulfide) groups is 1. The van der Waals surface area contributed by atoms with Crippen LogP contribution in [0, 0.1) is 12.7 Å². The van der Waals surface area contributed by atoms with Crippen molar-refractivity contribution in [2.45, 2.75) is 24.3 Å². The first kappa shape index (κ1) is 16.3. The molecule has 21 heavy (non-hydrogen) atoms. The maximum atomic E-state index is 13.9. The molecule has 0 saturated heterocycles. The highest BCUT2D eigenvalue weighted by molar-refractivity contribution is 7.99. The molecular weight excluding hydrogens is 307 g/mol. The number of hydrogen-bond acceptors (Lipinski definition) is 3. The molecule has 112 valence electrons. The maximum absolute atomic E-state index is 13.9. The SMILES string of the molecule is Cc1cccc(SCC(Cc2cccc(Cl)c2F)NN)c1. The maximum Gasteiger partial charge on any atom is 0.145 e. The van der Waals surface area contributed by atoms with Crippen LogP contribution in [-0.4, -0.2) is 11.8 Å². The molecule has 0 radical (unpaired) electrons. The van der Waals surface area contributed by atoms with Crippen LogP contribution >= 0.6 is 23.4 Å². The van der Waals surface area contributed by atoms with Crippen molar-refractivity contribution in [2.75, 3.05) is 5.75 Å². The van der Waals surface area contributed by atoms with Crippen molar-refractivity contribution < 1.29 is 4.39 Å². The second kappa shape index (κ2) is 7.80. The van der Waals surface area contributed by atoms with E-state index in [1.165, 1.54) is 10.5 Å².